The molecule has 1 aromatic heterocycles. The summed E-state index contributed by atoms with van der Waals surface area (Å²) in [5, 5.41) is 6.37. The lowest BCUT2D eigenvalue weighted by atomic mass is 10.1. The summed E-state index contributed by atoms with van der Waals surface area (Å²) in [5.74, 6) is 0.407. The van der Waals surface area contributed by atoms with Crippen molar-refractivity contribution in [2.75, 3.05) is 25.6 Å². The van der Waals surface area contributed by atoms with Gasteiger partial charge >= 0.3 is 0 Å². The zero-order valence-corrected chi connectivity index (χ0v) is 11.9. The maximum absolute atomic E-state index is 12.1. The van der Waals surface area contributed by atoms with Crippen LogP contribution in [0.15, 0.2) is 10.6 Å². The average Bonchev–Trinajstić information content (AvgIpc) is 2.96. The fraction of sp³-hybridized carbons (Fsp3) is 0.615. The molecule has 110 valence electrons. The number of carbonyl (C=O) groups is 2. The fourth-order valence-electron chi connectivity index (χ4n) is 2.32. The van der Waals surface area contributed by atoms with Gasteiger partial charge in [0, 0.05) is 26.1 Å². The van der Waals surface area contributed by atoms with Gasteiger partial charge in [0.1, 0.15) is 5.76 Å². The number of hydrogen-bond donors (Lipinski definition) is 1. The Balaban J connectivity index is 1.94. The molecule has 7 heteroatoms. The van der Waals surface area contributed by atoms with Crippen LogP contribution in [0, 0.1) is 12.8 Å². The molecule has 2 heterocycles. The summed E-state index contributed by atoms with van der Waals surface area (Å²) in [7, 11) is 1.59. The molecule has 1 N–H and O–H groups in total. The first-order valence-electron chi connectivity index (χ1n) is 6.54. The second-order valence-corrected chi connectivity index (χ2v) is 5.06. The lowest BCUT2D eigenvalue weighted by Crippen LogP contribution is -2.38. The standard InChI is InChI=1S/C13H19N3O4/c1-8(7-19-3)16-6-10(5-12(16)17)13(18)14-11-4-9(2)20-15-11/h4,8,10H,5-7H2,1-3H3,(H,14,15,18)/t8-,10-/m0/s1. The van der Waals surface area contributed by atoms with Crippen molar-refractivity contribution in [3.8, 4) is 0 Å². The van der Waals surface area contributed by atoms with Crippen LogP contribution in [0.1, 0.15) is 19.1 Å². The first kappa shape index (κ1) is 14.5. The summed E-state index contributed by atoms with van der Waals surface area (Å²) in [6, 6.07) is 1.61. The summed E-state index contributed by atoms with van der Waals surface area (Å²) in [4.78, 5) is 25.7. The molecule has 2 rings (SSSR count). The molecular weight excluding hydrogens is 262 g/mol. The largest absolute Gasteiger partial charge is 0.383 e. The fourth-order valence-corrected chi connectivity index (χ4v) is 2.32. The summed E-state index contributed by atoms with van der Waals surface area (Å²) in [6.45, 7) is 4.52. The Labute approximate surface area is 117 Å². The number of carbonyl (C=O) groups excluding carboxylic acids is 2. The predicted molar refractivity (Wildman–Crippen MR) is 71.0 cm³/mol. The van der Waals surface area contributed by atoms with Crippen molar-refractivity contribution >= 4 is 17.6 Å². The van der Waals surface area contributed by atoms with Gasteiger partial charge in [0.05, 0.1) is 18.6 Å². The Morgan fingerprint density at radius 2 is 2.45 bits per heavy atom. The van der Waals surface area contributed by atoms with E-state index in [1.165, 1.54) is 0 Å². The van der Waals surface area contributed by atoms with Crippen LogP contribution in [0.3, 0.4) is 0 Å². The molecule has 0 radical (unpaired) electrons. The number of amides is 2. The number of anilines is 1. The van der Waals surface area contributed by atoms with Gasteiger partial charge in [0.2, 0.25) is 11.8 Å². The Morgan fingerprint density at radius 3 is 3.05 bits per heavy atom. The first-order valence-corrected chi connectivity index (χ1v) is 6.54. The molecule has 0 saturated carbocycles. The van der Waals surface area contributed by atoms with Crippen LogP contribution < -0.4 is 5.32 Å². The molecule has 1 aliphatic rings. The van der Waals surface area contributed by atoms with E-state index in [0.29, 0.717) is 24.7 Å². The van der Waals surface area contributed by atoms with Crippen LogP contribution in [0.2, 0.25) is 0 Å². The molecule has 0 bridgehead atoms. The van der Waals surface area contributed by atoms with Crippen molar-refractivity contribution < 1.29 is 18.8 Å². The van der Waals surface area contributed by atoms with Crippen molar-refractivity contribution in [1.82, 2.24) is 10.1 Å². The van der Waals surface area contributed by atoms with Gasteiger partial charge in [0.15, 0.2) is 5.82 Å². The SMILES string of the molecule is COC[C@H](C)N1C[C@@H](C(=O)Nc2cc(C)on2)CC1=O. The second kappa shape index (κ2) is 6.04. The van der Waals surface area contributed by atoms with Crippen LogP contribution in [0.25, 0.3) is 0 Å². The lowest BCUT2D eigenvalue weighted by Gasteiger charge is -2.23. The first-order chi connectivity index (χ1) is 9.51. The average molecular weight is 281 g/mol. The summed E-state index contributed by atoms with van der Waals surface area (Å²) in [6.07, 6.45) is 0.219. The van der Waals surface area contributed by atoms with Gasteiger partial charge < -0.3 is 19.5 Å². The third-order valence-electron chi connectivity index (χ3n) is 3.35. The van der Waals surface area contributed by atoms with E-state index in [1.807, 2.05) is 6.92 Å². The number of nitrogens with one attached hydrogen (secondary N) is 1. The monoisotopic (exact) mass is 281 g/mol. The number of rotatable bonds is 5. The maximum atomic E-state index is 12.1. The van der Waals surface area contributed by atoms with Gasteiger partial charge in [0.25, 0.3) is 0 Å². The van der Waals surface area contributed by atoms with Crippen molar-refractivity contribution in [2.45, 2.75) is 26.3 Å². The molecule has 2 amide bonds. The number of aromatic nitrogens is 1. The van der Waals surface area contributed by atoms with E-state index in [0.717, 1.165) is 0 Å². The number of aryl methyl sites for hydroxylation is 1. The van der Waals surface area contributed by atoms with E-state index in [1.54, 1.807) is 25.0 Å². The number of likely N-dealkylation sites (tertiary alicyclic amines) is 1. The van der Waals surface area contributed by atoms with Crippen LogP contribution in [-0.2, 0) is 14.3 Å². The normalized spacial score (nSPS) is 20.2. The number of hydrogen-bond acceptors (Lipinski definition) is 5. The van der Waals surface area contributed by atoms with E-state index in [2.05, 4.69) is 10.5 Å². The number of methoxy groups -OCH3 is 1. The van der Waals surface area contributed by atoms with Gasteiger partial charge in [-0.1, -0.05) is 5.16 Å². The molecule has 0 unspecified atom stereocenters. The maximum Gasteiger partial charge on any atom is 0.231 e. The van der Waals surface area contributed by atoms with Gasteiger partial charge in [-0.05, 0) is 13.8 Å². The molecule has 20 heavy (non-hydrogen) atoms. The molecule has 0 aromatic carbocycles. The Bertz CT molecular complexity index is 500. The highest BCUT2D eigenvalue weighted by Crippen LogP contribution is 2.22. The minimum absolute atomic E-state index is 0.0222. The molecule has 1 fully saturated rings. The number of nitrogens with zero attached hydrogens (tertiary/aromatic N) is 2. The summed E-state index contributed by atoms with van der Waals surface area (Å²) >= 11 is 0. The van der Waals surface area contributed by atoms with Crippen LogP contribution in [0.4, 0.5) is 5.82 Å². The van der Waals surface area contributed by atoms with E-state index in [9.17, 15) is 9.59 Å². The minimum atomic E-state index is -0.362. The Hall–Kier alpha value is -1.89. The Morgan fingerprint density at radius 1 is 1.70 bits per heavy atom. The Kier molecular flexibility index (Phi) is 4.39. The molecular formula is C13H19N3O4. The van der Waals surface area contributed by atoms with Crippen molar-refractivity contribution in [3.63, 3.8) is 0 Å². The smallest absolute Gasteiger partial charge is 0.231 e. The highest BCUT2D eigenvalue weighted by molar-refractivity contribution is 5.96. The van der Waals surface area contributed by atoms with Crippen LogP contribution in [-0.4, -0.2) is 48.2 Å². The van der Waals surface area contributed by atoms with Crippen molar-refractivity contribution in [1.29, 1.82) is 0 Å². The quantitative estimate of drug-likeness (QED) is 0.863. The van der Waals surface area contributed by atoms with Crippen LogP contribution in [0.5, 0.6) is 0 Å². The predicted octanol–water partition coefficient (Wildman–Crippen LogP) is 0.805. The third kappa shape index (κ3) is 3.16. The van der Waals surface area contributed by atoms with Gasteiger partial charge in [-0.15, -0.1) is 0 Å². The van der Waals surface area contributed by atoms with Crippen molar-refractivity contribution in [2.24, 2.45) is 5.92 Å². The zero-order chi connectivity index (χ0) is 14.7. The van der Waals surface area contributed by atoms with Crippen molar-refractivity contribution in [3.05, 3.63) is 11.8 Å². The van der Waals surface area contributed by atoms with E-state index < -0.39 is 0 Å². The second-order valence-electron chi connectivity index (χ2n) is 5.06. The molecule has 2 atom stereocenters. The highest BCUT2D eigenvalue weighted by atomic mass is 16.5. The van der Waals surface area contributed by atoms with E-state index in [-0.39, 0.29) is 30.2 Å². The molecule has 1 aliphatic heterocycles. The molecule has 0 aliphatic carbocycles. The number of ether oxygens (including phenoxy) is 1. The highest BCUT2D eigenvalue weighted by Gasteiger charge is 2.36. The van der Waals surface area contributed by atoms with Gasteiger partial charge in [-0.25, -0.2) is 0 Å². The van der Waals surface area contributed by atoms with Gasteiger partial charge in [-0.2, -0.15) is 0 Å². The van der Waals surface area contributed by atoms with Gasteiger partial charge in [-0.3, -0.25) is 9.59 Å². The molecule has 1 aromatic rings. The van der Waals surface area contributed by atoms with E-state index >= 15 is 0 Å². The molecule has 1 saturated heterocycles. The molecule has 0 spiro atoms. The topological polar surface area (TPSA) is 84.7 Å². The minimum Gasteiger partial charge on any atom is -0.383 e. The summed E-state index contributed by atoms with van der Waals surface area (Å²) < 4.78 is 9.92. The zero-order valence-electron chi connectivity index (χ0n) is 11.9. The van der Waals surface area contributed by atoms with E-state index in [4.69, 9.17) is 9.26 Å². The molecule has 7 nitrogen and oxygen atoms in total. The third-order valence-corrected chi connectivity index (χ3v) is 3.35. The summed E-state index contributed by atoms with van der Waals surface area (Å²) in [5.41, 5.74) is 0. The lowest BCUT2D eigenvalue weighted by molar-refractivity contribution is -0.130. The van der Waals surface area contributed by atoms with Crippen LogP contribution >= 0.6 is 0 Å².